The standard InChI is InChI=1S/C22H26N2O8/c1-13(2)32-21(25)11-16(14-8-6-7-9-17(14)24(27)28)23-22(26)15-10-19(30-4)20(31-5)12-18(15)29-3/h6-10,12-13,16H,11H2,1-5H3,(H,23,26). The Morgan fingerprint density at radius 2 is 1.59 bits per heavy atom. The minimum absolute atomic E-state index is 0.103. The highest BCUT2D eigenvalue weighted by atomic mass is 16.6. The molecule has 1 atom stereocenters. The average Bonchev–Trinajstić information content (AvgIpc) is 2.76. The number of nitro benzene ring substituents is 1. The van der Waals surface area contributed by atoms with E-state index in [4.69, 9.17) is 18.9 Å². The van der Waals surface area contributed by atoms with Gasteiger partial charge in [-0.15, -0.1) is 0 Å². The summed E-state index contributed by atoms with van der Waals surface area (Å²) >= 11 is 0. The predicted molar refractivity (Wildman–Crippen MR) is 115 cm³/mol. The fourth-order valence-electron chi connectivity index (χ4n) is 3.11. The van der Waals surface area contributed by atoms with Gasteiger partial charge in [-0.1, -0.05) is 18.2 Å². The highest BCUT2D eigenvalue weighted by molar-refractivity contribution is 5.98. The Kier molecular flexibility index (Phi) is 8.39. The number of amides is 1. The number of hydrogen-bond acceptors (Lipinski definition) is 8. The number of benzene rings is 2. The second-order valence-electron chi connectivity index (χ2n) is 6.99. The van der Waals surface area contributed by atoms with E-state index in [1.165, 1.54) is 51.7 Å². The van der Waals surface area contributed by atoms with Crippen molar-refractivity contribution in [1.29, 1.82) is 0 Å². The van der Waals surface area contributed by atoms with Crippen molar-refractivity contribution >= 4 is 17.6 Å². The highest BCUT2D eigenvalue weighted by Crippen LogP contribution is 2.35. The summed E-state index contributed by atoms with van der Waals surface area (Å²) in [4.78, 5) is 36.4. The van der Waals surface area contributed by atoms with E-state index in [2.05, 4.69) is 5.32 Å². The molecule has 0 bridgehead atoms. The minimum Gasteiger partial charge on any atom is -0.496 e. The van der Waals surface area contributed by atoms with Gasteiger partial charge in [-0.2, -0.15) is 0 Å². The Morgan fingerprint density at radius 3 is 2.16 bits per heavy atom. The topological polar surface area (TPSA) is 126 Å². The van der Waals surface area contributed by atoms with Crippen LogP contribution in [0, 0.1) is 10.1 Å². The molecule has 0 fully saturated rings. The van der Waals surface area contributed by atoms with E-state index in [9.17, 15) is 19.7 Å². The molecule has 172 valence electrons. The summed E-state index contributed by atoms with van der Waals surface area (Å²) in [6.07, 6.45) is -0.680. The quantitative estimate of drug-likeness (QED) is 0.334. The van der Waals surface area contributed by atoms with Gasteiger partial charge in [0, 0.05) is 18.2 Å². The number of carbonyl (C=O) groups is 2. The van der Waals surface area contributed by atoms with Gasteiger partial charge in [0.2, 0.25) is 0 Å². The normalized spacial score (nSPS) is 11.4. The van der Waals surface area contributed by atoms with Crippen molar-refractivity contribution < 1.29 is 33.5 Å². The van der Waals surface area contributed by atoms with Gasteiger partial charge in [0.25, 0.3) is 11.6 Å². The van der Waals surface area contributed by atoms with Gasteiger partial charge < -0.3 is 24.3 Å². The first kappa shape index (κ1) is 24.4. The molecule has 32 heavy (non-hydrogen) atoms. The number of methoxy groups -OCH3 is 3. The fraction of sp³-hybridized carbons (Fsp3) is 0.364. The van der Waals surface area contributed by atoms with E-state index >= 15 is 0 Å². The summed E-state index contributed by atoms with van der Waals surface area (Å²) in [5, 5.41) is 14.2. The van der Waals surface area contributed by atoms with Gasteiger partial charge in [0.05, 0.1) is 55.9 Å². The first-order valence-corrected chi connectivity index (χ1v) is 9.75. The van der Waals surface area contributed by atoms with Crippen LogP contribution in [0.5, 0.6) is 17.2 Å². The molecule has 2 aromatic rings. The molecule has 2 aromatic carbocycles. The maximum atomic E-state index is 13.2. The number of esters is 1. The third-order valence-electron chi connectivity index (χ3n) is 4.50. The van der Waals surface area contributed by atoms with Gasteiger partial charge in [0.15, 0.2) is 11.5 Å². The Bertz CT molecular complexity index is 990. The molecule has 10 heteroatoms. The van der Waals surface area contributed by atoms with Gasteiger partial charge in [0.1, 0.15) is 5.75 Å². The number of nitro groups is 1. The summed E-state index contributed by atoms with van der Waals surface area (Å²) in [6, 6.07) is 7.78. The second-order valence-corrected chi connectivity index (χ2v) is 6.99. The van der Waals surface area contributed by atoms with Crippen LogP contribution >= 0.6 is 0 Å². The molecular weight excluding hydrogens is 420 g/mol. The lowest BCUT2D eigenvalue weighted by molar-refractivity contribution is -0.385. The predicted octanol–water partition coefficient (Wildman–Crippen LogP) is 3.43. The number of carbonyl (C=O) groups excluding carboxylic acids is 2. The molecule has 10 nitrogen and oxygen atoms in total. The molecule has 1 N–H and O–H groups in total. The van der Waals surface area contributed by atoms with Crippen LogP contribution in [0.4, 0.5) is 5.69 Å². The Balaban J connectivity index is 2.47. The maximum Gasteiger partial charge on any atom is 0.308 e. The lowest BCUT2D eigenvalue weighted by atomic mass is 10.0. The van der Waals surface area contributed by atoms with E-state index in [1.807, 2.05) is 0 Å². The molecule has 0 aliphatic rings. The van der Waals surface area contributed by atoms with Crippen molar-refractivity contribution in [2.45, 2.75) is 32.4 Å². The van der Waals surface area contributed by atoms with E-state index in [0.29, 0.717) is 11.5 Å². The lowest BCUT2D eigenvalue weighted by Gasteiger charge is -2.20. The van der Waals surface area contributed by atoms with Gasteiger partial charge >= 0.3 is 5.97 Å². The molecule has 0 heterocycles. The van der Waals surface area contributed by atoms with E-state index < -0.39 is 22.8 Å². The molecule has 0 saturated heterocycles. The number of hydrogen-bond donors (Lipinski definition) is 1. The van der Waals surface area contributed by atoms with Crippen LogP contribution in [-0.4, -0.2) is 44.2 Å². The number of rotatable bonds is 10. The first-order valence-electron chi connectivity index (χ1n) is 9.75. The molecule has 0 spiro atoms. The van der Waals surface area contributed by atoms with Crippen molar-refractivity contribution in [2.24, 2.45) is 0 Å². The summed E-state index contributed by atoms with van der Waals surface area (Å²) in [5.74, 6) is -0.381. The Morgan fingerprint density at radius 1 is 1.00 bits per heavy atom. The summed E-state index contributed by atoms with van der Waals surface area (Å²) in [6.45, 7) is 3.37. The van der Waals surface area contributed by atoms with Crippen LogP contribution < -0.4 is 19.5 Å². The van der Waals surface area contributed by atoms with Crippen molar-refractivity contribution in [3.05, 3.63) is 57.6 Å². The van der Waals surface area contributed by atoms with Crippen LogP contribution in [0.25, 0.3) is 0 Å². The Labute approximate surface area is 185 Å². The van der Waals surface area contributed by atoms with Crippen LogP contribution in [0.2, 0.25) is 0 Å². The Hall–Kier alpha value is -3.82. The number of nitrogens with one attached hydrogen (secondary N) is 1. The second kappa shape index (κ2) is 11.0. The fourth-order valence-corrected chi connectivity index (χ4v) is 3.11. The monoisotopic (exact) mass is 446 g/mol. The molecule has 1 amide bonds. The SMILES string of the molecule is COc1cc(OC)c(C(=O)NC(CC(=O)OC(C)C)c2ccccc2[N+](=O)[O-])cc1OC. The zero-order valence-electron chi connectivity index (χ0n) is 18.5. The summed E-state index contributed by atoms with van der Waals surface area (Å²) in [5.41, 5.74) is 0.0476. The number of ether oxygens (including phenoxy) is 4. The summed E-state index contributed by atoms with van der Waals surface area (Å²) < 4.78 is 20.9. The maximum absolute atomic E-state index is 13.2. The third kappa shape index (κ3) is 5.87. The average molecular weight is 446 g/mol. The van der Waals surface area contributed by atoms with E-state index in [1.54, 1.807) is 19.9 Å². The molecule has 1 unspecified atom stereocenters. The lowest BCUT2D eigenvalue weighted by Crippen LogP contribution is -2.32. The zero-order chi connectivity index (χ0) is 23.8. The largest absolute Gasteiger partial charge is 0.496 e. The van der Waals surface area contributed by atoms with Crippen LogP contribution in [0.3, 0.4) is 0 Å². The van der Waals surface area contributed by atoms with Gasteiger partial charge in [-0.3, -0.25) is 19.7 Å². The first-order chi connectivity index (χ1) is 15.2. The van der Waals surface area contributed by atoms with Crippen LogP contribution in [0.1, 0.15) is 42.2 Å². The van der Waals surface area contributed by atoms with Crippen molar-refractivity contribution in [3.8, 4) is 17.2 Å². The van der Waals surface area contributed by atoms with Crippen LogP contribution in [0.15, 0.2) is 36.4 Å². The number of para-hydroxylation sites is 1. The molecule has 0 aromatic heterocycles. The summed E-state index contributed by atoms with van der Waals surface area (Å²) in [7, 11) is 4.25. The van der Waals surface area contributed by atoms with Gasteiger partial charge in [-0.05, 0) is 13.8 Å². The van der Waals surface area contributed by atoms with Crippen LogP contribution in [-0.2, 0) is 9.53 Å². The van der Waals surface area contributed by atoms with Crippen molar-refractivity contribution in [1.82, 2.24) is 5.32 Å². The molecule has 0 aliphatic carbocycles. The smallest absolute Gasteiger partial charge is 0.308 e. The molecule has 2 rings (SSSR count). The van der Waals surface area contributed by atoms with Gasteiger partial charge in [-0.25, -0.2) is 0 Å². The minimum atomic E-state index is -1.02. The molecule has 0 aliphatic heterocycles. The highest BCUT2D eigenvalue weighted by Gasteiger charge is 2.28. The zero-order valence-corrected chi connectivity index (χ0v) is 18.5. The molecular formula is C22H26N2O8. The molecule has 0 radical (unpaired) electrons. The van der Waals surface area contributed by atoms with Crippen molar-refractivity contribution in [3.63, 3.8) is 0 Å². The number of nitrogens with zero attached hydrogens (tertiary/aromatic N) is 1. The van der Waals surface area contributed by atoms with Crippen molar-refractivity contribution in [2.75, 3.05) is 21.3 Å². The van der Waals surface area contributed by atoms with E-state index in [-0.39, 0.29) is 35.1 Å². The molecule has 0 saturated carbocycles. The van der Waals surface area contributed by atoms with E-state index in [0.717, 1.165) is 0 Å². The third-order valence-corrected chi connectivity index (χ3v) is 4.50.